The summed E-state index contributed by atoms with van der Waals surface area (Å²) >= 11 is 0. The van der Waals surface area contributed by atoms with E-state index in [1.807, 2.05) is 25.4 Å². The summed E-state index contributed by atoms with van der Waals surface area (Å²) in [6, 6.07) is 8.72. The molecule has 3 aromatic rings. The Balaban J connectivity index is 0.00000208. The summed E-state index contributed by atoms with van der Waals surface area (Å²) in [5, 5.41) is 1.25. The maximum Gasteiger partial charge on any atom is 0.153 e. The number of fused-ring (bicyclic) bond motifs is 1. The van der Waals surface area contributed by atoms with Gasteiger partial charge in [0, 0.05) is 37.4 Å². The first kappa shape index (κ1) is 18.3. The Kier molecular flexibility index (Phi) is 5.50. The summed E-state index contributed by atoms with van der Waals surface area (Å²) in [5.41, 5.74) is 4.83. The number of halogens is 2. The normalized spacial score (nSPS) is 10.7. The van der Waals surface area contributed by atoms with E-state index in [1.54, 1.807) is 0 Å². The molecule has 0 aliphatic heterocycles. The molecule has 24 heavy (non-hydrogen) atoms. The van der Waals surface area contributed by atoms with E-state index >= 15 is 0 Å². The quantitative estimate of drug-likeness (QED) is 0.671. The van der Waals surface area contributed by atoms with Gasteiger partial charge in [0.1, 0.15) is 5.82 Å². The number of aromatic nitrogens is 2. The first-order valence-electron chi connectivity index (χ1n) is 7.93. The van der Waals surface area contributed by atoms with Gasteiger partial charge in [-0.05, 0) is 50.1 Å². The molecule has 3 nitrogen and oxygen atoms in total. The van der Waals surface area contributed by atoms with Crippen LogP contribution in [0.2, 0.25) is 0 Å². The maximum absolute atomic E-state index is 13.1. The number of benzene rings is 1. The number of anilines is 1. The molecule has 5 heteroatoms. The molecule has 0 spiro atoms. The van der Waals surface area contributed by atoms with Crippen molar-refractivity contribution >= 4 is 29.1 Å². The molecule has 0 unspecified atom stereocenters. The van der Waals surface area contributed by atoms with Crippen molar-refractivity contribution in [2.75, 3.05) is 11.9 Å². The van der Waals surface area contributed by atoms with Gasteiger partial charge in [-0.15, -0.1) is 12.4 Å². The van der Waals surface area contributed by atoms with E-state index in [4.69, 9.17) is 0 Å². The maximum atomic E-state index is 13.1. The van der Waals surface area contributed by atoms with Crippen molar-refractivity contribution in [1.29, 1.82) is 0 Å². The fourth-order valence-corrected chi connectivity index (χ4v) is 3.19. The highest BCUT2D eigenvalue weighted by Crippen LogP contribution is 2.31. The predicted octanol–water partition coefficient (Wildman–Crippen LogP) is 4.87. The highest BCUT2D eigenvalue weighted by atomic mass is 35.5. The summed E-state index contributed by atoms with van der Waals surface area (Å²) in [7, 11) is 2.03. The van der Waals surface area contributed by atoms with Gasteiger partial charge in [-0.25, -0.2) is 9.37 Å². The minimum Gasteiger partial charge on any atom is -0.354 e. The minimum atomic E-state index is -0.206. The van der Waals surface area contributed by atoms with E-state index in [-0.39, 0.29) is 18.2 Å². The monoisotopic (exact) mass is 347 g/mol. The fourth-order valence-electron chi connectivity index (χ4n) is 3.19. The van der Waals surface area contributed by atoms with Gasteiger partial charge in [-0.1, -0.05) is 12.1 Å². The second-order valence-corrected chi connectivity index (χ2v) is 5.97. The van der Waals surface area contributed by atoms with Gasteiger partial charge >= 0.3 is 0 Å². The summed E-state index contributed by atoms with van der Waals surface area (Å²) < 4.78 is 15.4. The third-order valence-electron chi connectivity index (χ3n) is 4.54. The molecule has 0 saturated heterocycles. The summed E-state index contributed by atoms with van der Waals surface area (Å²) in [5.74, 6) is 0.757. The second-order valence-electron chi connectivity index (χ2n) is 5.97. The van der Waals surface area contributed by atoms with Gasteiger partial charge in [0.2, 0.25) is 0 Å². The van der Waals surface area contributed by atoms with Crippen molar-refractivity contribution in [3.8, 4) is 0 Å². The van der Waals surface area contributed by atoms with Crippen molar-refractivity contribution < 1.29 is 4.39 Å². The minimum absolute atomic E-state index is 0. The van der Waals surface area contributed by atoms with Crippen LogP contribution < -0.4 is 4.90 Å². The molecule has 0 radical (unpaired) electrons. The topological polar surface area (TPSA) is 21.1 Å². The smallest absolute Gasteiger partial charge is 0.153 e. The highest BCUT2D eigenvalue weighted by molar-refractivity contribution is 5.93. The van der Waals surface area contributed by atoms with Gasteiger partial charge in [-0.3, -0.25) is 0 Å². The summed E-state index contributed by atoms with van der Waals surface area (Å²) in [6.07, 6.45) is 1.87. The van der Waals surface area contributed by atoms with E-state index in [1.165, 1.54) is 34.3 Å². The molecule has 0 saturated carbocycles. The van der Waals surface area contributed by atoms with Crippen LogP contribution in [0.4, 0.5) is 10.2 Å². The van der Waals surface area contributed by atoms with Crippen LogP contribution in [0.5, 0.6) is 0 Å². The van der Waals surface area contributed by atoms with Crippen molar-refractivity contribution in [2.45, 2.75) is 33.9 Å². The molecule has 0 aliphatic rings. The molecule has 3 rings (SSSR count). The first-order chi connectivity index (χ1) is 11.0. The van der Waals surface area contributed by atoms with Crippen LogP contribution in [0, 0.1) is 19.7 Å². The molecule has 2 heterocycles. The highest BCUT2D eigenvalue weighted by Gasteiger charge is 2.16. The molecule has 0 aliphatic carbocycles. The van der Waals surface area contributed by atoms with Crippen LogP contribution in [0.1, 0.15) is 23.7 Å². The number of nitrogens with zero attached hydrogens (tertiary/aromatic N) is 3. The number of aryl methyl sites for hydroxylation is 2. The van der Waals surface area contributed by atoms with Gasteiger partial charge in [0.15, 0.2) is 5.82 Å². The lowest BCUT2D eigenvalue weighted by Crippen LogP contribution is -2.19. The number of hydrogen-bond acceptors (Lipinski definition) is 2. The Hall–Kier alpha value is -2.07. The van der Waals surface area contributed by atoms with Crippen molar-refractivity contribution in [3.63, 3.8) is 0 Å². The fraction of sp³-hybridized carbons (Fsp3) is 0.316. The molecule has 1 aromatic carbocycles. The average Bonchev–Trinajstić information content (AvgIpc) is 2.80. The Bertz CT molecular complexity index is 840. The molecule has 0 atom stereocenters. The zero-order chi connectivity index (χ0) is 16.6. The predicted molar refractivity (Wildman–Crippen MR) is 101 cm³/mol. The Morgan fingerprint density at radius 1 is 1.12 bits per heavy atom. The van der Waals surface area contributed by atoms with Crippen molar-refractivity contribution in [2.24, 2.45) is 0 Å². The van der Waals surface area contributed by atoms with E-state index < -0.39 is 0 Å². The van der Waals surface area contributed by atoms with Crippen molar-refractivity contribution in [3.05, 3.63) is 59.2 Å². The van der Waals surface area contributed by atoms with Gasteiger partial charge in [0.05, 0.1) is 5.52 Å². The van der Waals surface area contributed by atoms with Crippen LogP contribution in [0.15, 0.2) is 36.5 Å². The lowest BCUT2D eigenvalue weighted by Gasteiger charge is -2.20. The van der Waals surface area contributed by atoms with E-state index in [9.17, 15) is 4.39 Å². The molecule has 0 fully saturated rings. The average molecular weight is 348 g/mol. The Morgan fingerprint density at radius 2 is 1.79 bits per heavy atom. The number of hydrogen-bond donors (Lipinski definition) is 0. The van der Waals surface area contributed by atoms with Gasteiger partial charge in [0.25, 0.3) is 0 Å². The van der Waals surface area contributed by atoms with Gasteiger partial charge < -0.3 is 9.47 Å². The lowest BCUT2D eigenvalue weighted by molar-refractivity contribution is 0.627. The molecular weight excluding hydrogens is 325 g/mol. The van der Waals surface area contributed by atoms with E-state index in [0.29, 0.717) is 6.54 Å². The SMILES string of the molecule is CCn1c(C)c(C)c2ccnc(N(C)Cc3ccc(F)cc3)c21.Cl. The molecule has 2 aromatic heterocycles. The molecule has 0 amide bonds. The molecular formula is C19H23ClFN3. The lowest BCUT2D eigenvalue weighted by atomic mass is 10.2. The third-order valence-corrected chi connectivity index (χ3v) is 4.54. The Morgan fingerprint density at radius 3 is 2.42 bits per heavy atom. The standard InChI is InChI=1S/C19H22FN3.ClH/c1-5-23-14(3)13(2)17-10-11-21-19(18(17)23)22(4)12-15-6-8-16(20)9-7-15;/h6-11H,5,12H2,1-4H3;1H. The number of rotatable bonds is 4. The molecule has 0 bridgehead atoms. The molecule has 128 valence electrons. The molecule has 0 N–H and O–H groups in total. The zero-order valence-corrected chi connectivity index (χ0v) is 15.3. The van der Waals surface area contributed by atoms with Gasteiger partial charge in [-0.2, -0.15) is 0 Å². The van der Waals surface area contributed by atoms with E-state index in [0.717, 1.165) is 17.9 Å². The van der Waals surface area contributed by atoms with Crippen LogP contribution in [0.25, 0.3) is 10.9 Å². The van der Waals surface area contributed by atoms with Crippen LogP contribution >= 0.6 is 12.4 Å². The largest absolute Gasteiger partial charge is 0.354 e. The number of pyridine rings is 1. The van der Waals surface area contributed by atoms with Crippen LogP contribution in [0.3, 0.4) is 0 Å². The van der Waals surface area contributed by atoms with Crippen LogP contribution in [-0.4, -0.2) is 16.6 Å². The van der Waals surface area contributed by atoms with Crippen LogP contribution in [-0.2, 0) is 13.1 Å². The summed E-state index contributed by atoms with van der Waals surface area (Å²) in [6.45, 7) is 8.08. The van der Waals surface area contributed by atoms with Crippen molar-refractivity contribution in [1.82, 2.24) is 9.55 Å². The summed E-state index contributed by atoms with van der Waals surface area (Å²) in [4.78, 5) is 6.74. The third kappa shape index (κ3) is 3.11. The zero-order valence-electron chi connectivity index (χ0n) is 14.5. The van der Waals surface area contributed by atoms with E-state index in [2.05, 4.69) is 41.3 Å². The Labute approximate surface area is 148 Å². The second kappa shape index (κ2) is 7.22. The first-order valence-corrected chi connectivity index (χ1v) is 7.93.